The van der Waals surface area contributed by atoms with Crippen LogP contribution in [0.15, 0.2) is 78.0 Å². The summed E-state index contributed by atoms with van der Waals surface area (Å²) in [6, 6.07) is 22.5. The molecule has 0 aliphatic carbocycles. The molecule has 8 heteroatoms. The van der Waals surface area contributed by atoms with Crippen molar-refractivity contribution in [3.05, 3.63) is 89.5 Å². The first-order chi connectivity index (χ1) is 16.4. The van der Waals surface area contributed by atoms with E-state index in [9.17, 15) is 9.59 Å². The lowest BCUT2D eigenvalue weighted by Crippen LogP contribution is -2.14. The molecule has 0 spiro atoms. The minimum atomic E-state index is -0.175. The minimum Gasteiger partial charge on any atom is -0.325 e. The van der Waals surface area contributed by atoms with Crippen molar-refractivity contribution in [2.45, 2.75) is 19.0 Å². The Kier molecular flexibility index (Phi) is 7.08. The largest absolute Gasteiger partial charge is 0.325 e. The molecule has 0 aliphatic heterocycles. The quantitative estimate of drug-likeness (QED) is 0.367. The molecule has 0 fully saturated rings. The highest BCUT2D eigenvalue weighted by molar-refractivity contribution is 7.99. The lowest BCUT2D eigenvalue weighted by Gasteiger charge is -2.08. The summed E-state index contributed by atoms with van der Waals surface area (Å²) < 4.78 is 1.84. The van der Waals surface area contributed by atoms with Crippen LogP contribution in [-0.4, -0.2) is 32.3 Å². The molecule has 2 amide bonds. The molecule has 34 heavy (non-hydrogen) atoms. The summed E-state index contributed by atoms with van der Waals surface area (Å²) in [5.74, 6) is 0.574. The van der Waals surface area contributed by atoms with Crippen molar-refractivity contribution in [1.29, 1.82) is 0 Å². The van der Waals surface area contributed by atoms with Crippen LogP contribution in [0, 0.1) is 13.8 Å². The number of nitrogens with zero attached hydrogens (tertiary/aromatic N) is 3. The lowest BCUT2D eigenvalue weighted by atomic mass is 10.1. The van der Waals surface area contributed by atoms with E-state index in [-0.39, 0.29) is 17.6 Å². The summed E-state index contributed by atoms with van der Waals surface area (Å²) in [5, 5.41) is 15.0. The fraction of sp³-hybridized carbons (Fsp3) is 0.154. The third-order valence-electron chi connectivity index (χ3n) is 5.19. The molecule has 4 rings (SSSR count). The van der Waals surface area contributed by atoms with E-state index in [1.54, 1.807) is 12.1 Å². The molecular formula is C26H25N5O2S. The number of benzene rings is 3. The van der Waals surface area contributed by atoms with Crippen LogP contribution in [0.5, 0.6) is 0 Å². The Balaban J connectivity index is 1.40. The lowest BCUT2D eigenvalue weighted by molar-refractivity contribution is -0.113. The predicted octanol–water partition coefficient (Wildman–Crippen LogP) is 5.08. The number of carbonyl (C=O) groups excluding carboxylic acids is 2. The zero-order valence-electron chi connectivity index (χ0n) is 19.2. The zero-order chi connectivity index (χ0) is 24.1. The Morgan fingerprint density at radius 3 is 2.24 bits per heavy atom. The minimum absolute atomic E-state index is 0.112. The molecule has 0 saturated heterocycles. The van der Waals surface area contributed by atoms with Crippen molar-refractivity contribution in [2.75, 3.05) is 16.4 Å². The van der Waals surface area contributed by atoms with Crippen LogP contribution >= 0.6 is 11.8 Å². The molecule has 2 N–H and O–H groups in total. The smallest absolute Gasteiger partial charge is 0.255 e. The number of thioether (sulfide) groups is 1. The number of nitrogens with one attached hydrogen (secondary N) is 2. The average molecular weight is 472 g/mol. The van der Waals surface area contributed by atoms with E-state index < -0.39 is 0 Å². The second-order valence-electron chi connectivity index (χ2n) is 7.97. The molecule has 0 radical (unpaired) electrons. The average Bonchev–Trinajstić information content (AvgIpc) is 3.20. The third kappa shape index (κ3) is 5.71. The maximum absolute atomic E-state index is 12.6. The Bertz CT molecular complexity index is 1310. The van der Waals surface area contributed by atoms with Crippen LogP contribution < -0.4 is 10.6 Å². The molecule has 0 unspecified atom stereocenters. The maximum Gasteiger partial charge on any atom is 0.255 e. The Morgan fingerprint density at radius 1 is 0.853 bits per heavy atom. The fourth-order valence-electron chi connectivity index (χ4n) is 3.30. The summed E-state index contributed by atoms with van der Waals surface area (Å²) in [7, 11) is 1.85. The van der Waals surface area contributed by atoms with Crippen LogP contribution in [0.2, 0.25) is 0 Å². The van der Waals surface area contributed by atoms with Gasteiger partial charge in [0, 0.05) is 29.5 Å². The number of hydrogen-bond donors (Lipinski definition) is 2. The molecule has 0 atom stereocenters. The number of anilines is 2. The summed E-state index contributed by atoms with van der Waals surface area (Å²) >= 11 is 1.31. The number of carbonyl (C=O) groups is 2. The van der Waals surface area contributed by atoms with Gasteiger partial charge in [-0.2, -0.15) is 0 Å². The van der Waals surface area contributed by atoms with E-state index in [2.05, 4.69) is 20.8 Å². The van der Waals surface area contributed by atoms with Gasteiger partial charge in [-0.25, -0.2) is 0 Å². The van der Waals surface area contributed by atoms with Crippen molar-refractivity contribution in [2.24, 2.45) is 7.05 Å². The van der Waals surface area contributed by atoms with Gasteiger partial charge in [-0.15, -0.1) is 10.2 Å². The van der Waals surface area contributed by atoms with Gasteiger partial charge in [0.1, 0.15) is 0 Å². The normalized spacial score (nSPS) is 10.7. The molecule has 0 bridgehead atoms. The van der Waals surface area contributed by atoms with Gasteiger partial charge in [0.25, 0.3) is 5.91 Å². The number of aromatic nitrogens is 3. The van der Waals surface area contributed by atoms with E-state index in [0.717, 1.165) is 22.4 Å². The number of aryl methyl sites for hydroxylation is 2. The van der Waals surface area contributed by atoms with Crippen molar-refractivity contribution >= 4 is 35.0 Å². The van der Waals surface area contributed by atoms with Crippen molar-refractivity contribution in [1.82, 2.24) is 14.8 Å². The second kappa shape index (κ2) is 10.4. The topological polar surface area (TPSA) is 88.9 Å². The highest BCUT2D eigenvalue weighted by Gasteiger charge is 2.14. The van der Waals surface area contributed by atoms with Crippen molar-refractivity contribution in [3.63, 3.8) is 0 Å². The van der Waals surface area contributed by atoms with E-state index >= 15 is 0 Å². The second-order valence-corrected chi connectivity index (χ2v) is 8.91. The monoisotopic (exact) mass is 471 g/mol. The molecule has 4 aromatic rings. The molecule has 7 nitrogen and oxygen atoms in total. The van der Waals surface area contributed by atoms with Crippen LogP contribution in [0.1, 0.15) is 21.5 Å². The number of amides is 2. The molecule has 1 aromatic heterocycles. The van der Waals surface area contributed by atoms with Gasteiger partial charge in [-0.1, -0.05) is 59.3 Å². The number of rotatable bonds is 7. The van der Waals surface area contributed by atoms with Crippen LogP contribution in [0.25, 0.3) is 11.4 Å². The first-order valence-electron chi connectivity index (χ1n) is 10.8. The molecule has 0 aliphatic rings. The van der Waals surface area contributed by atoms with Gasteiger partial charge in [-0.05, 0) is 50.2 Å². The highest BCUT2D eigenvalue weighted by atomic mass is 32.2. The maximum atomic E-state index is 12.6. The van der Waals surface area contributed by atoms with E-state index in [4.69, 9.17) is 0 Å². The van der Waals surface area contributed by atoms with Gasteiger partial charge < -0.3 is 15.2 Å². The SMILES string of the molecule is Cc1ccc(NC(=O)CSc2nnc(-c3cccc(NC(=O)c4ccc(C)cc4)c3)n2C)cc1. The first kappa shape index (κ1) is 23.3. The van der Waals surface area contributed by atoms with Gasteiger partial charge in [0.05, 0.1) is 5.75 Å². The summed E-state index contributed by atoms with van der Waals surface area (Å²) in [6.45, 7) is 3.98. The zero-order valence-corrected chi connectivity index (χ0v) is 20.0. The Morgan fingerprint density at radius 2 is 1.53 bits per heavy atom. The van der Waals surface area contributed by atoms with Crippen LogP contribution in [0.3, 0.4) is 0 Å². The Labute approximate surface area is 202 Å². The fourth-order valence-corrected chi connectivity index (χ4v) is 4.01. The van der Waals surface area contributed by atoms with Gasteiger partial charge in [0.2, 0.25) is 5.91 Å². The molecule has 0 saturated carbocycles. The summed E-state index contributed by atoms with van der Waals surface area (Å²) in [6.07, 6.45) is 0. The van der Waals surface area contributed by atoms with Crippen LogP contribution in [0.4, 0.5) is 11.4 Å². The summed E-state index contributed by atoms with van der Waals surface area (Å²) in [4.78, 5) is 24.9. The molecule has 172 valence electrons. The van der Waals surface area contributed by atoms with E-state index in [1.165, 1.54) is 11.8 Å². The third-order valence-corrected chi connectivity index (χ3v) is 6.22. The standard InChI is InChI=1S/C26H25N5O2S/c1-17-7-11-19(12-8-17)25(33)28-22-6-4-5-20(15-22)24-29-30-26(31(24)3)34-16-23(32)27-21-13-9-18(2)10-14-21/h4-15H,16H2,1-3H3,(H,27,32)(H,28,33). The molecule has 1 heterocycles. The van der Waals surface area contributed by atoms with Crippen molar-refractivity contribution in [3.8, 4) is 11.4 Å². The van der Waals surface area contributed by atoms with Crippen molar-refractivity contribution < 1.29 is 9.59 Å². The van der Waals surface area contributed by atoms with Gasteiger partial charge in [0.15, 0.2) is 11.0 Å². The molecule has 3 aromatic carbocycles. The highest BCUT2D eigenvalue weighted by Crippen LogP contribution is 2.25. The van der Waals surface area contributed by atoms with Gasteiger partial charge in [-0.3, -0.25) is 9.59 Å². The number of hydrogen-bond acceptors (Lipinski definition) is 5. The predicted molar refractivity (Wildman–Crippen MR) is 136 cm³/mol. The van der Waals surface area contributed by atoms with Crippen LogP contribution in [-0.2, 0) is 11.8 Å². The Hall–Kier alpha value is -3.91. The molecular weight excluding hydrogens is 446 g/mol. The van der Waals surface area contributed by atoms with Gasteiger partial charge >= 0.3 is 0 Å². The first-order valence-corrected chi connectivity index (χ1v) is 11.7. The van der Waals surface area contributed by atoms with E-state index in [1.807, 2.05) is 86.1 Å². The summed E-state index contributed by atoms with van der Waals surface area (Å²) in [5.41, 5.74) is 5.07. The van der Waals surface area contributed by atoms with E-state index in [0.29, 0.717) is 22.2 Å².